The minimum atomic E-state index is -0.283. The lowest BCUT2D eigenvalue weighted by Gasteiger charge is -2.19. The van der Waals surface area contributed by atoms with Gasteiger partial charge in [-0.3, -0.25) is 4.79 Å². The molecule has 0 aliphatic heterocycles. The number of benzene rings is 2. The second kappa shape index (κ2) is 7.81. The molecule has 0 fully saturated rings. The van der Waals surface area contributed by atoms with Crippen molar-refractivity contribution < 1.29 is 9.90 Å². The van der Waals surface area contributed by atoms with E-state index in [1.54, 1.807) is 12.1 Å². The average Bonchev–Trinajstić information content (AvgIpc) is 2.48. The summed E-state index contributed by atoms with van der Waals surface area (Å²) < 4.78 is 0. The number of halogens is 1. The van der Waals surface area contributed by atoms with Crippen molar-refractivity contribution in [1.82, 2.24) is 5.32 Å². The van der Waals surface area contributed by atoms with E-state index in [-0.39, 0.29) is 36.0 Å². The number of Topliss-reactive ketones (excluding diaryl/α,β-unsaturated/α-hetero) is 1. The fraction of sp³-hybridized carbons (Fsp3) is 0.235. The standard InChI is InChI=1S/C17H19NO2.ClH/c1-12(14-6-4-3-5-7-14)18-13(2)17(20)15-8-10-16(19)11-9-15;/h3-13,18-19H,1-2H3;1H/t12-,13-;/m1./s1. The van der Waals surface area contributed by atoms with E-state index < -0.39 is 0 Å². The van der Waals surface area contributed by atoms with E-state index in [0.29, 0.717) is 5.56 Å². The number of phenols is 1. The van der Waals surface area contributed by atoms with Crippen molar-refractivity contribution in [2.45, 2.75) is 25.9 Å². The van der Waals surface area contributed by atoms with Gasteiger partial charge in [0, 0.05) is 11.6 Å². The van der Waals surface area contributed by atoms with Gasteiger partial charge in [0.05, 0.1) is 6.04 Å². The Morgan fingerprint density at radius 2 is 1.57 bits per heavy atom. The third kappa shape index (κ3) is 4.59. The lowest BCUT2D eigenvalue weighted by atomic mass is 10.0. The zero-order valence-electron chi connectivity index (χ0n) is 12.1. The molecule has 0 saturated heterocycles. The summed E-state index contributed by atoms with van der Waals surface area (Å²) in [5.41, 5.74) is 1.75. The van der Waals surface area contributed by atoms with Crippen LogP contribution >= 0.6 is 12.4 Å². The summed E-state index contributed by atoms with van der Waals surface area (Å²) in [5.74, 6) is 0.188. The molecular weight excluding hydrogens is 286 g/mol. The van der Waals surface area contributed by atoms with Crippen LogP contribution in [-0.4, -0.2) is 16.9 Å². The van der Waals surface area contributed by atoms with Crippen molar-refractivity contribution in [3.05, 3.63) is 65.7 Å². The van der Waals surface area contributed by atoms with E-state index in [4.69, 9.17) is 0 Å². The van der Waals surface area contributed by atoms with Crippen LogP contribution in [0.4, 0.5) is 0 Å². The summed E-state index contributed by atoms with van der Waals surface area (Å²) in [6.07, 6.45) is 0. The third-order valence-corrected chi connectivity index (χ3v) is 3.34. The van der Waals surface area contributed by atoms with Gasteiger partial charge in [-0.25, -0.2) is 0 Å². The van der Waals surface area contributed by atoms with Crippen LogP contribution in [0.1, 0.15) is 35.8 Å². The van der Waals surface area contributed by atoms with Crippen LogP contribution in [-0.2, 0) is 0 Å². The molecule has 2 atom stereocenters. The monoisotopic (exact) mass is 305 g/mol. The number of carbonyl (C=O) groups is 1. The van der Waals surface area contributed by atoms with Gasteiger partial charge in [-0.05, 0) is 43.7 Å². The lowest BCUT2D eigenvalue weighted by molar-refractivity contribution is 0.0945. The molecule has 0 aliphatic rings. The maximum Gasteiger partial charge on any atom is 0.179 e. The Morgan fingerprint density at radius 1 is 1.00 bits per heavy atom. The van der Waals surface area contributed by atoms with Gasteiger partial charge < -0.3 is 10.4 Å². The SMILES string of the molecule is C[C@@H](N[C@H](C)c1ccccc1)C(=O)c1ccc(O)cc1.Cl. The van der Waals surface area contributed by atoms with Crippen molar-refractivity contribution in [3.8, 4) is 5.75 Å². The van der Waals surface area contributed by atoms with E-state index >= 15 is 0 Å². The Balaban J connectivity index is 0.00000220. The maximum absolute atomic E-state index is 12.3. The van der Waals surface area contributed by atoms with Gasteiger partial charge in [0.1, 0.15) is 5.75 Å². The second-order valence-corrected chi connectivity index (χ2v) is 4.93. The first kappa shape index (κ1) is 17.2. The fourth-order valence-electron chi connectivity index (χ4n) is 2.16. The zero-order valence-corrected chi connectivity index (χ0v) is 12.9. The molecule has 0 bridgehead atoms. The average molecular weight is 306 g/mol. The molecule has 0 aliphatic carbocycles. The summed E-state index contributed by atoms with van der Waals surface area (Å²) in [5, 5.41) is 12.5. The highest BCUT2D eigenvalue weighted by Crippen LogP contribution is 2.15. The minimum Gasteiger partial charge on any atom is -0.508 e. The molecule has 3 nitrogen and oxygen atoms in total. The van der Waals surface area contributed by atoms with Crippen molar-refractivity contribution in [3.63, 3.8) is 0 Å². The molecule has 0 amide bonds. The highest BCUT2D eigenvalue weighted by atomic mass is 35.5. The Hall–Kier alpha value is -1.84. The predicted octanol–water partition coefficient (Wildman–Crippen LogP) is 3.74. The number of rotatable bonds is 5. The van der Waals surface area contributed by atoms with Crippen LogP contribution < -0.4 is 5.32 Å². The van der Waals surface area contributed by atoms with Crippen LogP contribution in [0.2, 0.25) is 0 Å². The van der Waals surface area contributed by atoms with Gasteiger partial charge in [0.25, 0.3) is 0 Å². The second-order valence-electron chi connectivity index (χ2n) is 4.93. The number of ketones is 1. The Morgan fingerprint density at radius 3 is 2.14 bits per heavy atom. The summed E-state index contributed by atoms with van der Waals surface area (Å²) in [6, 6.07) is 16.2. The van der Waals surface area contributed by atoms with Crippen LogP contribution in [0.5, 0.6) is 5.75 Å². The molecule has 0 heterocycles. The van der Waals surface area contributed by atoms with Crippen LogP contribution in [0, 0.1) is 0 Å². The fourth-order valence-corrected chi connectivity index (χ4v) is 2.16. The number of aromatic hydroxyl groups is 1. The van der Waals surface area contributed by atoms with Gasteiger partial charge >= 0.3 is 0 Å². The molecule has 0 radical (unpaired) electrons. The molecule has 0 spiro atoms. The van der Waals surface area contributed by atoms with Crippen molar-refractivity contribution in [1.29, 1.82) is 0 Å². The van der Waals surface area contributed by atoms with E-state index in [1.165, 1.54) is 12.1 Å². The number of carbonyl (C=O) groups excluding carboxylic acids is 1. The van der Waals surface area contributed by atoms with E-state index in [2.05, 4.69) is 5.32 Å². The van der Waals surface area contributed by atoms with Crippen molar-refractivity contribution in [2.75, 3.05) is 0 Å². The molecule has 0 saturated carbocycles. The van der Waals surface area contributed by atoms with Gasteiger partial charge in [-0.2, -0.15) is 0 Å². The van der Waals surface area contributed by atoms with Gasteiger partial charge in [0.2, 0.25) is 0 Å². The minimum absolute atomic E-state index is 0. The number of phenolic OH excluding ortho intramolecular Hbond substituents is 1. The first-order valence-corrected chi connectivity index (χ1v) is 6.72. The van der Waals surface area contributed by atoms with E-state index in [0.717, 1.165) is 5.56 Å². The molecule has 21 heavy (non-hydrogen) atoms. The molecule has 2 N–H and O–H groups in total. The van der Waals surface area contributed by atoms with Gasteiger partial charge in [0.15, 0.2) is 5.78 Å². The first-order chi connectivity index (χ1) is 9.58. The van der Waals surface area contributed by atoms with Crippen LogP contribution in [0.15, 0.2) is 54.6 Å². The zero-order chi connectivity index (χ0) is 14.5. The van der Waals surface area contributed by atoms with E-state index in [9.17, 15) is 9.90 Å². The van der Waals surface area contributed by atoms with Crippen molar-refractivity contribution in [2.24, 2.45) is 0 Å². The first-order valence-electron chi connectivity index (χ1n) is 6.72. The Labute approximate surface area is 131 Å². The summed E-state index contributed by atoms with van der Waals surface area (Å²) in [4.78, 5) is 12.3. The molecule has 2 aromatic rings. The predicted molar refractivity (Wildman–Crippen MR) is 87.1 cm³/mol. The normalized spacial score (nSPS) is 13.0. The maximum atomic E-state index is 12.3. The topological polar surface area (TPSA) is 49.3 Å². The third-order valence-electron chi connectivity index (χ3n) is 3.34. The summed E-state index contributed by atoms with van der Waals surface area (Å²) in [7, 11) is 0. The molecule has 0 unspecified atom stereocenters. The van der Waals surface area contributed by atoms with Gasteiger partial charge in [-0.15, -0.1) is 12.4 Å². The van der Waals surface area contributed by atoms with Gasteiger partial charge in [-0.1, -0.05) is 30.3 Å². The molecule has 2 rings (SSSR count). The summed E-state index contributed by atoms with van der Waals surface area (Å²) >= 11 is 0. The van der Waals surface area contributed by atoms with Crippen LogP contribution in [0.25, 0.3) is 0 Å². The van der Waals surface area contributed by atoms with E-state index in [1.807, 2.05) is 44.2 Å². The highest BCUT2D eigenvalue weighted by molar-refractivity contribution is 5.99. The van der Waals surface area contributed by atoms with Crippen molar-refractivity contribution >= 4 is 18.2 Å². The molecule has 4 heteroatoms. The highest BCUT2D eigenvalue weighted by Gasteiger charge is 2.17. The number of hydrogen-bond acceptors (Lipinski definition) is 3. The molecule has 2 aromatic carbocycles. The largest absolute Gasteiger partial charge is 0.508 e. The Bertz CT molecular complexity index is 569. The number of nitrogens with one attached hydrogen (secondary N) is 1. The number of hydrogen-bond donors (Lipinski definition) is 2. The quantitative estimate of drug-likeness (QED) is 0.827. The molecular formula is C17H20ClNO2. The lowest BCUT2D eigenvalue weighted by Crippen LogP contribution is -2.35. The smallest absolute Gasteiger partial charge is 0.179 e. The molecule has 0 aromatic heterocycles. The molecule has 112 valence electrons. The summed E-state index contributed by atoms with van der Waals surface area (Å²) in [6.45, 7) is 3.89. The van der Waals surface area contributed by atoms with Crippen LogP contribution in [0.3, 0.4) is 0 Å². The Kier molecular flexibility index (Phi) is 6.40.